The number of amides is 1. The molecule has 16 heteroatoms. The largest absolute Gasteiger partial charge is 0.573 e. The summed E-state index contributed by atoms with van der Waals surface area (Å²) in [6.07, 6.45) is -0.978. The summed E-state index contributed by atoms with van der Waals surface area (Å²) in [5.74, 6) is -1.78. The SMILES string of the molecule is CCOC(=O)C1CCN(c2cnc(C(=O)Nc3nc(-c4ccc(OC)c(OC(F)(F)F)c4)c(COC(C)=O)s3)cn2)CC1. The van der Waals surface area contributed by atoms with Gasteiger partial charge in [0.25, 0.3) is 5.91 Å². The first-order valence-corrected chi connectivity index (χ1v) is 13.9. The number of piperidine rings is 1. The first-order chi connectivity index (χ1) is 20.5. The zero-order valence-corrected chi connectivity index (χ0v) is 24.2. The Hall–Kier alpha value is -4.47. The lowest BCUT2D eigenvalue weighted by Crippen LogP contribution is -2.37. The molecular formula is C27H28F3N5O7S. The number of nitrogens with one attached hydrogen (secondary N) is 1. The van der Waals surface area contributed by atoms with Gasteiger partial charge in [-0.05, 0) is 38.0 Å². The van der Waals surface area contributed by atoms with Gasteiger partial charge in [-0.2, -0.15) is 0 Å². The number of methoxy groups -OCH3 is 1. The van der Waals surface area contributed by atoms with Crippen molar-refractivity contribution in [2.45, 2.75) is 39.7 Å². The Bertz CT molecular complexity index is 1460. The minimum Gasteiger partial charge on any atom is -0.493 e. The van der Waals surface area contributed by atoms with Crippen molar-refractivity contribution in [2.75, 3.05) is 37.0 Å². The molecule has 1 aromatic carbocycles. The number of aromatic nitrogens is 3. The Kier molecular flexibility index (Phi) is 10.0. The number of anilines is 2. The summed E-state index contributed by atoms with van der Waals surface area (Å²) in [7, 11) is 1.20. The molecule has 3 aromatic rings. The van der Waals surface area contributed by atoms with Crippen LogP contribution in [0.2, 0.25) is 0 Å². The molecule has 12 nitrogen and oxygen atoms in total. The Balaban J connectivity index is 1.50. The zero-order valence-electron chi connectivity index (χ0n) is 23.4. The van der Waals surface area contributed by atoms with Gasteiger partial charge in [0.05, 0.1) is 42.6 Å². The molecule has 3 heterocycles. The number of alkyl halides is 3. The highest BCUT2D eigenvalue weighted by atomic mass is 32.1. The molecule has 43 heavy (non-hydrogen) atoms. The van der Waals surface area contributed by atoms with Gasteiger partial charge in [-0.15, -0.1) is 13.2 Å². The van der Waals surface area contributed by atoms with E-state index in [1.807, 2.05) is 4.90 Å². The molecule has 0 bridgehead atoms. The van der Waals surface area contributed by atoms with Gasteiger partial charge in [0.1, 0.15) is 18.1 Å². The molecule has 230 valence electrons. The lowest BCUT2D eigenvalue weighted by molar-refractivity contribution is -0.275. The number of rotatable bonds is 10. The molecule has 0 spiro atoms. The van der Waals surface area contributed by atoms with E-state index in [1.54, 1.807) is 6.92 Å². The number of hydrogen-bond acceptors (Lipinski definition) is 12. The maximum atomic E-state index is 13.0. The number of thiazole rings is 1. The number of hydrogen-bond donors (Lipinski definition) is 1. The zero-order chi connectivity index (χ0) is 31.1. The standard InChI is InChI=1S/C27H28F3N5O7S/c1-4-40-25(38)16-7-9-35(10-8-16)22-13-31-18(12-32-22)24(37)34-26-33-23(21(43-26)14-41-15(2)36)17-5-6-19(39-3)20(11-17)42-27(28,29)30/h5-6,11-13,16H,4,7-10,14H2,1-3H3,(H,33,34,37). The lowest BCUT2D eigenvalue weighted by atomic mass is 9.97. The molecule has 1 fully saturated rings. The molecule has 1 aliphatic rings. The van der Waals surface area contributed by atoms with Crippen molar-refractivity contribution in [3.63, 3.8) is 0 Å². The lowest BCUT2D eigenvalue weighted by Gasteiger charge is -2.31. The van der Waals surface area contributed by atoms with Crippen LogP contribution >= 0.6 is 11.3 Å². The first-order valence-electron chi connectivity index (χ1n) is 13.1. The van der Waals surface area contributed by atoms with E-state index in [0.29, 0.717) is 43.2 Å². The van der Waals surface area contributed by atoms with Gasteiger partial charge >= 0.3 is 18.3 Å². The third-order valence-electron chi connectivity index (χ3n) is 6.30. The Morgan fingerprint density at radius 2 is 1.84 bits per heavy atom. The maximum Gasteiger partial charge on any atom is 0.573 e. The van der Waals surface area contributed by atoms with Crippen molar-refractivity contribution in [2.24, 2.45) is 5.92 Å². The molecule has 1 aliphatic heterocycles. The van der Waals surface area contributed by atoms with E-state index in [0.717, 1.165) is 17.4 Å². The van der Waals surface area contributed by atoms with Crippen LogP contribution in [-0.2, 0) is 25.7 Å². The number of carbonyl (C=O) groups excluding carboxylic acids is 3. The normalized spacial score (nSPS) is 13.8. The molecular weight excluding hydrogens is 595 g/mol. The van der Waals surface area contributed by atoms with Crippen LogP contribution < -0.4 is 19.7 Å². The van der Waals surface area contributed by atoms with Gasteiger partial charge in [0, 0.05) is 25.6 Å². The van der Waals surface area contributed by atoms with Crippen molar-refractivity contribution in [3.05, 3.63) is 41.2 Å². The summed E-state index contributed by atoms with van der Waals surface area (Å²) in [6.45, 7) is 4.24. The molecule has 4 rings (SSSR count). The summed E-state index contributed by atoms with van der Waals surface area (Å²) in [5, 5.41) is 2.69. The average molecular weight is 624 g/mol. The summed E-state index contributed by atoms with van der Waals surface area (Å²) >= 11 is 0.971. The fourth-order valence-electron chi connectivity index (χ4n) is 4.29. The second-order valence-corrected chi connectivity index (χ2v) is 10.3. The van der Waals surface area contributed by atoms with E-state index in [2.05, 4.69) is 25.0 Å². The van der Waals surface area contributed by atoms with E-state index in [4.69, 9.17) is 14.2 Å². The highest BCUT2D eigenvalue weighted by molar-refractivity contribution is 7.16. The fourth-order valence-corrected chi connectivity index (χ4v) is 5.18. The van der Waals surface area contributed by atoms with Crippen LogP contribution in [0.15, 0.2) is 30.6 Å². The van der Waals surface area contributed by atoms with Crippen LogP contribution in [0.4, 0.5) is 24.1 Å². The van der Waals surface area contributed by atoms with Crippen LogP contribution in [-0.4, -0.2) is 66.0 Å². The molecule has 0 radical (unpaired) electrons. The highest BCUT2D eigenvalue weighted by Gasteiger charge is 2.33. The smallest absolute Gasteiger partial charge is 0.493 e. The molecule has 0 atom stereocenters. The van der Waals surface area contributed by atoms with Gasteiger partial charge < -0.3 is 23.8 Å². The molecule has 1 N–H and O–H groups in total. The van der Waals surface area contributed by atoms with E-state index in [1.165, 1.54) is 38.6 Å². The van der Waals surface area contributed by atoms with E-state index < -0.39 is 24.0 Å². The van der Waals surface area contributed by atoms with Gasteiger partial charge in [0.15, 0.2) is 16.6 Å². The van der Waals surface area contributed by atoms with Crippen molar-refractivity contribution >= 4 is 40.1 Å². The minimum absolute atomic E-state index is 0.00578. The van der Waals surface area contributed by atoms with Crippen molar-refractivity contribution in [1.82, 2.24) is 15.0 Å². The van der Waals surface area contributed by atoms with E-state index >= 15 is 0 Å². The number of nitrogens with zero attached hydrogens (tertiary/aromatic N) is 4. The van der Waals surface area contributed by atoms with Crippen molar-refractivity contribution < 1.29 is 46.5 Å². The summed E-state index contributed by atoms with van der Waals surface area (Å²) in [4.78, 5) is 51.6. The van der Waals surface area contributed by atoms with Gasteiger partial charge in [0.2, 0.25) is 0 Å². The topological polar surface area (TPSA) is 142 Å². The van der Waals surface area contributed by atoms with Crippen molar-refractivity contribution in [1.29, 1.82) is 0 Å². The maximum absolute atomic E-state index is 13.0. The summed E-state index contributed by atoms with van der Waals surface area (Å²) < 4.78 is 58.1. The van der Waals surface area contributed by atoms with Gasteiger partial charge in [-0.25, -0.2) is 15.0 Å². The third-order valence-corrected chi connectivity index (χ3v) is 7.24. The van der Waals surface area contributed by atoms with Crippen LogP contribution in [0.1, 0.15) is 42.1 Å². The highest BCUT2D eigenvalue weighted by Crippen LogP contribution is 2.39. The first kappa shape index (κ1) is 31.5. The molecule has 0 saturated carbocycles. The fraction of sp³-hybridized carbons (Fsp3) is 0.407. The van der Waals surface area contributed by atoms with Gasteiger partial charge in [-0.1, -0.05) is 11.3 Å². The van der Waals surface area contributed by atoms with Crippen LogP contribution in [0, 0.1) is 5.92 Å². The molecule has 1 saturated heterocycles. The van der Waals surface area contributed by atoms with Crippen LogP contribution in [0.25, 0.3) is 11.3 Å². The molecule has 0 unspecified atom stereocenters. The minimum atomic E-state index is -4.97. The predicted octanol–water partition coefficient (Wildman–Crippen LogP) is 4.60. The predicted molar refractivity (Wildman–Crippen MR) is 148 cm³/mol. The van der Waals surface area contributed by atoms with Crippen LogP contribution in [0.5, 0.6) is 11.5 Å². The number of ether oxygens (including phenoxy) is 4. The molecule has 2 aromatic heterocycles. The van der Waals surface area contributed by atoms with Crippen LogP contribution in [0.3, 0.4) is 0 Å². The number of carbonyl (C=O) groups is 3. The monoisotopic (exact) mass is 623 g/mol. The quantitative estimate of drug-likeness (QED) is 0.317. The second-order valence-electron chi connectivity index (χ2n) is 9.21. The average Bonchev–Trinajstić information content (AvgIpc) is 3.38. The Morgan fingerprint density at radius 1 is 1.09 bits per heavy atom. The third kappa shape index (κ3) is 8.30. The summed E-state index contributed by atoms with van der Waals surface area (Å²) in [5.41, 5.74) is 0.368. The summed E-state index contributed by atoms with van der Waals surface area (Å²) in [6, 6.07) is 3.82. The van der Waals surface area contributed by atoms with Crippen molar-refractivity contribution in [3.8, 4) is 22.8 Å². The van der Waals surface area contributed by atoms with Gasteiger partial charge in [-0.3, -0.25) is 19.7 Å². The number of halogens is 3. The molecule has 1 amide bonds. The Morgan fingerprint density at radius 3 is 2.44 bits per heavy atom. The Labute approximate surface area is 248 Å². The van der Waals surface area contributed by atoms with E-state index in [-0.39, 0.29) is 46.3 Å². The second kappa shape index (κ2) is 13.7. The van der Waals surface area contributed by atoms with E-state index in [9.17, 15) is 27.6 Å². The molecule has 0 aliphatic carbocycles. The number of benzene rings is 1. The number of esters is 2.